The highest BCUT2D eigenvalue weighted by Crippen LogP contribution is 2.39. The maximum Gasteiger partial charge on any atom is 0.229 e. The molecule has 0 aliphatic carbocycles. The van der Waals surface area contributed by atoms with E-state index in [2.05, 4.69) is 30.9 Å². The number of nitrogens with zero attached hydrogens (tertiary/aromatic N) is 3. The molecule has 1 heterocycles. The van der Waals surface area contributed by atoms with E-state index in [0.717, 1.165) is 30.1 Å². The van der Waals surface area contributed by atoms with E-state index in [4.69, 9.17) is 21.3 Å². The third-order valence-corrected chi connectivity index (χ3v) is 7.61. The van der Waals surface area contributed by atoms with Gasteiger partial charge in [-0.25, -0.2) is 4.98 Å². The normalized spacial score (nSPS) is 11.3. The lowest BCUT2D eigenvalue weighted by Gasteiger charge is -2.24. The molecule has 0 unspecified atom stereocenters. The zero-order valence-electron chi connectivity index (χ0n) is 18.1. The number of methoxy groups -OCH3 is 1. The Morgan fingerprint density at radius 1 is 1.13 bits per heavy atom. The minimum atomic E-state index is 0.0738. The summed E-state index contributed by atoms with van der Waals surface area (Å²) in [5.41, 5.74) is 0.703. The Bertz CT molecular complexity index is 993. The van der Waals surface area contributed by atoms with Gasteiger partial charge in [-0.05, 0) is 37.4 Å². The number of thioether (sulfide) groups is 1. The van der Waals surface area contributed by atoms with Crippen molar-refractivity contribution in [2.45, 2.75) is 25.2 Å². The molecule has 31 heavy (non-hydrogen) atoms. The van der Waals surface area contributed by atoms with Crippen molar-refractivity contribution in [3.8, 4) is 5.75 Å². The average Bonchev–Trinajstić information content (AvgIpc) is 3.24. The van der Waals surface area contributed by atoms with Gasteiger partial charge in [0.15, 0.2) is 5.13 Å². The number of likely N-dealkylation sites (N-methyl/N-ethyl adjacent to an activating group) is 1. The molecule has 0 spiro atoms. The summed E-state index contributed by atoms with van der Waals surface area (Å²) in [4.78, 5) is 23.3. The molecule has 0 aliphatic heterocycles. The van der Waals surface area contributed by atoms with Crippen LogP contribution in [-0.2, 0) is 4.79 Å². The molecule has 166 valence electrons. The number of hydrogen-bond donors (Lipinski definition) is 0. The number of benzene rings is 2. The molecule has 0 bridgehead atoms. The lowest BCUT2D eigenvalue weighted by atomic mass is 10.3. The first-order chi connectivity index (χ1) is 15.1. The quantitative estimate of drug-likeness (QED) is 0.326. The molecule has 3 aromatic rings. The molecule has 0 aliphatic rings. The number of amides is 1. The van der Waals surface area contributed by atoms with Gasteiger partial charge in [-0.1, -0.05) is 55.0 Å². The third-order valence-electron chi connectivity index (χ3n) is 5.06. The van der Waals surface area contributed by atoms with Crippen molar-refractivity contribution >= 4 is 56.0 Å². The smallest absolute Gasteiger partial charge is 0.229 e. The largest absolute Gasteiger partial charge is 0.494 e. The summed E-state index contributed by atoms with van der Waals surface area (Å²) in [6.07, 6.45) is 0.443. The first-order valence-electron chi connectivity index (χ1n) is 10.4. The molecule has 5 nitrogen and oxygen atoms in total. The van der Waals surface area contributed by atoms with Gasteiger partial charge in [0.25, 0.3) is 0 Å². The van der Waals surface area contributed by atoms with Crippen LogP contribution >= 0.6 is 34.7 Å². The zero-order valence-corrected chi connectivity index (χ0v) is 20.5. The molecule has 3 rings (SSSR count). The second-order valence-corrected chi connectivity index (χ2v) is 9.46. The molecule has 0 N–H and O–H groups in total. The van der Waals surface area contributed by atoms with E-state index in [9.17, 15) is 4.79 Å². The van der Waals surface area contributed by atoms with Crippen LogP contribution in [0.15, 0.2) is 47.4 Å². The molecule has 1 aromatic heterocycles. The molecule has 2 aromatic carbocycles. The van der Waals surface area contributed by atoms with E-state index in [-0.39, 0.29) is 5.91 Å². The van der Waals surface area contributed by atoms with E-state index < -0.39 is 0 Å². The molecule has 1 amide bonds. The number of rotatable bonds is 11. The molecule has 0 saturated heterocycles. The van der Waals surface area contributed by atoms with Crippen LogP contribution in [0.4, 0.5) is 5.13 Å². The molecular weight excluding hydrogens is 450 g/mol. The van der Waals surface area contributed by atoms with Crippen LogP contribution in [0.5, 0.6) is 5.75 Å². The Morgan fingerprint density at radius 2 is 1.87 bits per heavy atom. The van der Waals surface area contributed by atoms with Crippen molar-refractivity contribution in [3.05, 3.63) is 47.5 Å². The predicted octanol–water partition coefficient (Wildman–Crippen LogP) is 5.82. The SMILES string of the molecule is CCN(CC)CCN(C(=O)CCSc1ccccc1)c1nc2c(OC)ccc(Cl)c2s1. The lowest BCUT2D eigenvalue weighted by Crippen LogP contribution is -2.39. The van der Waals surface area contributed by atoms with E-state index >= 15 is 0 Å². The molecule has 0 fully saturated rings. The van der Waals surface area contributed by atoms with Gasteiger partial charge in [-0.15, -0.1) is 11.8 Å². The van der Waals surface area contributed by atoms with Gasteiger partial charge < -0.3 is 9.64 Å². The van der Waals surface area contributed by atoms with Gasteiger partial charge in [0.05, 0.1) is 16.8 Å². The fraction of sp³-hybridized carbons (Fsp3) is 0.391. The van der Waals surface area contributed by atoms with Gasteiger partial charge in [0.2, 0.25) is 5.91 Å². The van der Waals surface area contributed by atoms with Crippen molar-refractivity contribution in [3.63, 3.8) is 0 Å². The van der Waals surface area contributed by atoms with Crippen molar-refractivity contribution in [1.82, 2.24) is 9.88 Å². The number of carbonyl (C=O) groups excluding carboxylic acids is 1. The van der Waals surface area contributed by atoms with E-state index in [0.29, 0.717) is 34.4 Å². The van der Waals surface area contributed by atoms with E-state index in [1.165, 1.54) is 16.2 Å². The second kappa shape index (κ2) is 11.7. The van der Waals surface area contributed by atoms with E-state index in [1.54, 1.807) is 18.9 Å². The summed E-state index contributed by atoms with van der Waals surface area (Å²) < 4.78 is 6.30. The van der Waals surface area contributed by atoms with Crippen molar-refractivity contribution in [2.75, 3.05) is 43.9 Å². The Labute approximate surface area is 197 Å². The van der Waals surface area contributed by atoms with Crippen LogP contribution in [-0.4, -0.2) is 54.8 Å². The molecular formula is C23H28ClN3O2S2. The Kier molecular flexibility index (Phi) is 9.02. The highest BCUT2D eigenvalue weighted by molar-refractivity contribution is 7.99. The Hall–Kier alpha value is -1.80. The maximum atomic E-state index is 13.2. The number of aromatic nitrogens is 1. The minimum absolute atomic E-state index is 0.0738. The average molecular weight is 478 g/mol. The molecule has 0 atom stereocenters. The predicted molar refractivity (Wildman–Crippen MR) is 133 cm³/mol. The number of thiazole rings is 1. The molecule has 0 saturated carbocycles. The minimum Gasteiger partial charge on any atom is -0.494 e. The van der Waals surface area contributed by atoms with Gasteiger partial charge in [-0.3, -0.25) is 9.69 Å². The van der Waals surface area contributed by atoms with Crippen molar-refractivity contribution in [1.29, 1.82) is 0 Å². The summed E-state index contributed by atoms with van der Waals surface area (Å²) in [5.74, 6) is 1.46. The number of halogens is 1. The summed E-state index contributed by atoms with van der Waals surface area (Å²) >= 11 is 9.54. The number of ether oxygens (including phenoxy) is 1. The fourth-order valence-electron chi connectivity index (χ4n) is 3.24. The monoisotopic (exact) mass is 477 g/mol. The van der Waals surface area contributed by atoms with Crippen LogP contribution < -0.4 is 9.64 Å². The standard InChI is InChI=1S/C23H28ClN3O2S2/c1-4-26(5-2)14-15-27(20(28)13-16-30-17-9-7-6-8-10-17)23-25-21-19(29-3)12-11-18(24)22(21)31-23/h6-12H,4-5,13-16H2,1-3H3. The highest BCUT2D eigenvalue weighted by atomic mass is 35.5. The molecule has 0 radical (unpaired) electrons. The number of fused-ring (bicyclic) bond motifs is 1. The zero-order chi connectivity index (χ0) is 22.2. The number of anilines is 1. The third kappa shape index (κ3) is 6.13. The molecule has 8 heteroatoms. The van der Waals surface area contributed by atoms with Gasteiger partial charge >= 0.3 is 0 Å². The van der Waals surface area contributed by atoms with Gasteiger partial charge in [-0.2, -0.15) is 0 Å². The summed E-state index contributed by atoms with van der Waals surface area (Å²) in [6, 6.07) is 13.8. The van der Waals surface area contributed by atoms with Crippen LogP contribution in [0.1, 0.15) is 20.3 Å². The topological polar surface area (TPSA) is 45.7 Å². The van der Waals surface area contributed by atoms with Crippen LogP contribution in [0.2, 0.25) is 5.02 Å². The first-order valence-corrected chi connectivity index (χ1v) is 12.6. The Morgan fingerprint density at radius 3 is 2.55 bits per heavy atom. The summed E-state index contributed by atoms with van der Waals surface area (Å²) in [7, 11) is 1.62. The van der Waals surface area contributed by atoms with Crippen LogP contribution in [0.25, 0.3) is 10.2 Å². The van der Waals surface area contributed by atoms with Gasteiger partial charge in [0.1, 0.15) is 11.3 Å². The second-order valence-electron chi connectivity index (χ2n) is 6.91. The number of hydrogen-bond acceptors (Lipinski definition) is 6. The van der Waals surface area contributed by atoms with Crippen LogP contribution in [0, 0.1) is 0 Å². The maximum absolute atomic E-state index is 13.2. The number of carbonyl (C=O) groups is 1. The highest BCUT2D eigenvalue weighted by Gasteiger charge is 2.22. The summed E-state index contributed by atoms with van der Waals surface area (Å²) in [6.45, 7) is 7.55. The van der Waals surface area contributed by atoms with Crippen molar-refractivity contribution < 1.29 is 9.53 Å². The van der Waals surface area contributed by atoms with Crippen LogP contribution in [0.3, 0.4) is 0 Å². The Balaban J connectivity index is 1.81. The van der Waals surface area contributed by atoms with Gasteiger partial charge in [0, 0.05) is 30.2 Å². The first kappa shape index (κ1) is 23.9. The van der Waals surface area contributed by atoms with E-state index in [1.807, 2.05) is 35.2 Å². The fourth-order valence-corrected chi connectivity index (χ4v) is 5.40. The lowest BCUT2D eigenvalue weighted by molar-refractivity contribution is -0.118. The summed E-state index contributed by atoms with van der Waals surface area (Å²) in [5, 5.41) is 1.29. The van der Waals surface area contributed by atoms with Crippen molar-refractivity contribution in [2.24, 2.45) is 0 Å².